The number of hydrogen-bond donors (Lipinski definition) is 1. The Balaban J connectivity index is 1.35. The molecular weight excluding hydrogens is 432 g/mol. The van der Waals surface area contributed by atoms with E-state index in [-0.39, 0.29) is 5.91 Å². The second kappa shape index (κ2) is 9.85. The Labute approximate surface area is 205 Å². The quantitative estimate of drug-likeness (QED) is 0.337. The number of carbonyl (C=O) groups is 1. The first-order valence-electron chi connectivity index (χ1n) is 11.7. The van der Waals surface area contributed by atoms with Crippen molar-refractivity contribution in [2.45, 2.75) is 13.1 Å². The highest BCUT2D eigenvalue weighted by Crippen LogP contribution is 2.26. The predicted octanol–water partition coefficient (Wildman–Crippen LogP) is 5.75. The normalized spacial score (nSPS) is 10.9. The summed E-state index contributed by atoms with van der Waals surface area (Å²) < 4.78 is 2.23. The van der Waals surface area contributed by atoms with Crippen molar-refractivity contribution < 1.29 is 4.79 Å². The molecule has 0 radical (unpaired) electrons. The van der Waals surface area contributed by atoms with Gasteiger partial charge in [-0.15, -0.1) is 0 Å². The molecule has 1 N–H and O–H groups in total. The molecule has 5 aromatic rings. The second-order valence-corrected chi connectivity index (χ2v) is 8.82. The Morgan fingerprint density at radius 1 is 0.800 bits per heavy atom. The Bertz CT molecular complexity index is 1440. The van der Waals surface area contributed by atoms with E-state index in [9.17, 15) is 4.79 Å². The van der Waals surface area contributed by atoms with Gasteiger partial charge in [-0.3, -0.25) is 4.79 Å². The lowest BCUT2D eigenvalue weighted by atomic mass is 10.1. The van der Waals surface area contributed by atoms with Crippen LogP contribution in [0.3, 0.4) is 0 Å². The third-order valence-corrected chi connectivity index (χ3v) is 6.15. The SMILES string of the molecule is CN(C)c1ccc(CNC(=O)c2ccc(-c3nc4ccccc4n3Cc3ccccc3)cc2)cc1. The molecule has 4 aromatic carbocycles. The Kier molecular flexibility index (Phi) is 6.31. The Morgan fingerprint density at radius 3 is 2.20 bits per heavy atom. The highest BCUT2D eigenvalue weighted by Gasteiger charge is 2.14. The van der Waals surface area contributed by atoms with Gasteiger partial charge in [0, 0.05) is 44.0 Å². The smallest absolute Gasteiger partial charge is 0.251 e. The maximum Gasteiger partial charge on any atom is 0.251 e. The molecule has 0 spiro atoms. The molecule has 35 heavy (non-hydrogen) atoms. The molecule has 0 unspecified atom stereocenters. The molecule has 0 bridgehead atoms. The summed E-state index contributed by atoms with van der Waals surface area (Å²) in [6, 6.07) is 34.4. The number of para-hydroxylation sites is 2. The highest BCUT2D eigenvalue weighted by atomic mass is 16.1. The fourth-order valence-corrected chi connectivity index (χ4v) is 4.19. The van der Waals surface area contributed by atoms with Crippen molar-refractivity contribution >= 4 is 22.6 Å². The summed E-state index contributed by atoms with van der Waals surface area (Å²) in [6.45, 7) is 1.21. The predicted molar refractivity (Wildman–Crippen MR) is 143 cm³/mol. The summed E-state index contributed by atoms with van der Waals surface area (Å²) >= 11 is 0. The van der Waals surface area contributed by atoms with Crippen molar-refractivity contribution in [3.8, 4) is 11.4 Å². The molecule has 0 saturated heterocycles. The number of nitrogens with zero attached hydrogens (tertiary/aromatic N) is 3. The van der Waals surface area contributed by atoms with E-state index in [2.05, 4.69) is 57.2 Å². The number of carbonyl (C=O) groups excluding carboxylic acids is 1. The van der Waals surface area contributed by atoms with Crippen LogP contribution < -0.4 is 10.2 Å². The standard InChI is InChI=1S/C30H28N4O/c1-33(2)26-18-12-22(13-19-26)20-31-30(35)25-16-14-24(15-17-25)29-32-27-10-6-7-11-28(27)34(29)21-23-8-4-3-5-9-23/h3-19H,20-21H2,1-2H3,(H,31,35). The maximum absolute atomic E-state index is 12.7. The number of hydrogen-bond acceptors (Lipinski definition) is 3. The number of amides is 1. The third kappa shape index (κ3) is 4.94. The average molecular weight is 461 g/mol. The van der Waals surface area contributed by atoms with Crippen LogP contribution in [0.25, 0.3) is 22.4 Å². The number of benzene rings is 4. The van der Waals surface area contributed by atoms with Gasteiger partial charge in [0.2, 0.25) is 0 Å². The molecule has 1 amide bonds. The summed E-state index contributed by atoms with van der Waals surface area (Å²) in [5.41, 5.74) is 7.07. The van der Waals surface area contributed by atoms with Gasteiger partial charge in [0.1, 0.15) is 5.82 Å². The summed E-state index contributed by atoms with van der Waals surface area (Å²) in [4.78, 5) is 19.7. The molecule has 1 aromatic heterocycles. The number of aromatic nitrogens is 2. The summed E-state index contributed by atoms with van der Waals surface area (Å²) in [6.07, 6.45) is 0. The first-order valence-corrected chi connectivity index (χ1v) is 11.7. The summed E-state index contributed by atoms with van der Waals surface area (Å²) in [7, 11) is 4.02. The van der Waals surface area contributed by atoms with Gasteiger partial charge >= 0.3 is 0 Å². The van der Waals surface area contributed by atoms with Crippen molar-refractivity contribution in [3.63, 3.8) is 0 Å². The van der Waals surface area contributed by atoms with Gasteiger partial charge in [0.05, 0.1) is 11.0 Å². The van der Waals surface area contributed by atoms with E-state index in [1.807, 2.05) is 74.8 Å². The van der Waals surface area contributed by atoms with E-state index in [4.69, 9.17) is 4.98 Å². The zero-order valence-corrected chi connectivity index (χ0v) is 20.0. The number of imidazole rings is 1. The third-order valence-electron chi connectivity index (χ3n) is 6.15. The first-order chi connectivity index (χ1) is 17.1. The lowest BCUT2D eigenvalue weighted by Gasteiger charge is -2.13. The van der Waals surface area contributed by atoms with Crippen molar-refractivity contribution in [2.75, 3.05) is 19.0 Å². The number of rotatable bonds is 7. The van der Waals surface area contributed by atoms with Gasteiger partial charge < -0.3 is 14.8 Å². The lowest BCUT2D eigenvalue weighted by Crippen LogP contribution is -2.22. The molecule has 5 heteroatoms. The van der Waals surface area contributed by atoms with Crippen LogP contribution in [0.5, 0.6) is 0 Å². The van der Waals surface area contributed by atoms with E-state index >= 15 is 0 Å². The lowest BCUT2D eigenvalue weighted by molar-refractivity contribution is 0.0951. The highest BCUT2D eigenvalue weighted by molar-refractivity contribution is 5.94. The van der Waals surface area contributed by atoms with E-state index < -0.39 is 0 Å². The van der Waals surface area contributed by atoms with Gasteiger partial charge in [-0.05, 0) is 47.5 Å². The van der Waals surface area contributed by atoms with Gasteiger partial charge in [0.25, 0.3) is 5.91 Å². The fraction of sp³-hybridized carbons (Fsp3) is 0.133. The van der Waals surface area contributed by atoms with Crippen LogP contribution in [0.15, 0.2) is 103 Å². The van der Waals surface area contributed by atoms with Gasteiger partial charge in [-0.2, -0.15) is 0 Å². The molecule has 0 aliphatic carbocycles. The molecule has 5 rings (SSSR count). The molecule has 174 valence electrons. The monoisotopic (exact) mass is 460 g/mol. The van der Waals surface area contributed by atoms with E-state index in [1.54, 1.807) is 0 Å². The molecule has 5 nitrogen and oxygen atoms in total. The molecule has 1 heterocycles. The fourth-order valence-electron chi connectivity index (χ4n) is 4.19. The van der Waals surface area contributed by atoms with Crippen LogP contribution in [0.4, 0.5) is 5.69 Å². The number of anilines is 1. The zero-order chi connectivity index (χ0) is 24.2. The van der Waals surface area contributed by atoms with Crippen LogP contribution in [0.1, 0.15) is 21.5 Å². The average Bonchev–Trinajstić information content (AvgIpc) is 3.26. The summed E-state index contributed by atoms with van der Waals surface area (Å²) in [5, 5.41) is 3.02. The zero-order valence-electron chi connectivity index (χ0n) is 20.0. The van der Waals surface area contributed by atoms with Crippen molar-refractivity contribution in [3.05, 3.63) is 120 Å². The van der Waals surface area contributed by atoms with Gasteiger partial charge in [0.15, 0.2) is 0 Å². The molecule has 0 aliphatic heterocycles. The van der Waals surface area contributed by atoms with E-state index in [1.165, 1.54) is 5.56 Å². The van der Waals surface area contributed by atoms with Crippen LogP contribution in [0, 0.1) is 0 Å². The Morgan fingerprint density at radius 2 is 1.49 bits per heavy atom. The van der Waals surface area contributed by atoms with Crippen LogP contribution >= 0.6 is 0 Å². The minimum absolute atomic E-state index is 0.0916. The van der Waals surface area contributed by atoms with Crippen LogP contribution in [0.2, 0.25) is 0 Å². The topological polar surface area (TPSA) is 50.2 Å². The van der Waals surface area contributed by atoms with E-state index in [0.29, 0.717) is 12.1 Å². The molecule has 0 aliphatic rings. The number of nitrogens with one attached hydrogen (secondary N) is 1. The minimum Gasteiger partial charge on any atom is -0.378 e. The first kappa shape index (κ1) is 22.4. The van der Waals surface area contributed by atoms with E-state index in [0.717, 1.165) is 40.2 Å². The Hall–Kier alpha value is -4.38. The largest absolute Gasteiger partial charge is 0.378 e. The minimum atomic E-state index is -0.0916. The van der Waals surface area contributed by atoms with Crippen LogP contribution in [-0.4, -0.2) is 29.6 Å². The molecule has 0 fully saturated rings. The van der Waals surface area contributed by atoms with Crippen molar-refractivity contribution in [1.29, 1.82) is 0 Å². The molecule has 0 saturated carbocycles. The number of fused-ring (bicyclic) bond motifs is 1. The second-order valence-electron chi connectivity index (χ2n) is 8.82. The van der Waals surface area contributed by atoms with Gasteiger partial charge in [-0.1, -0.05) is 66.7 Å². The molecular formula is C30H28N4O. The van der Waals surface area contributed by atoms with Crippen molar-refractivity contribution in [1.82, 2.24) is 14.9 Å². The van der Waals surface area contributed by atoms with Crippen molar-refractivity contribution in [2.24, 2.45) is 0 Å². The maximum atomic E-state index is 12.7. The van der Waals surface area contributed by atoms with Gasteiger partial charge in [-0.25, -0.2) is 4.98 Å². The summed E-state index contributed by atoms with van der Waals surface area (Å²) in [5.74, 6) is 0.800. The molecule has 0 atom stereocenters. The van der Waals surface area contributed by atoms with Crippen LogP contribution in [-0.2, 0) is 13.1 Å².